The molecule has 2 aromatic rings. The van der Waals surface area contributed by atoms with Gasteiger partial charge in [0.15, 0.2) is 0 Å². The quantitative estimate of drug-likeness (QED) is 0.899. The molecule has 0 bridgehead atoms. The van der Waals surface area contributed by atoms with Crippen molar-refractivity contribution in [3.63, 3.8) is 0 Å². The van der Waals surface area contributed by atoms with Gasteiger partial charge in [-0.15, -0.1) is 0 Å². The molecule has 92 valence electrons. The maximum Gasteiger partial charge on any atom is 0.308 e. The summed E-state index contributed by atoms with van der Waals surface area (Å²) in [5.74, 6) is -1.17. The van der Waals surface area contributed by atoms with Crippen molar-refractivity contribution >= 4 is 5.97 Å². The minimum absolute atomic E-state index is 0.138. The molecule has 2 heterocycles. The Kier molecular flexibility index (Phi) is 2.44. The van der Waals surface area contributed by atoms with Gasteiger partial charge in [0.1, 0.15) is 0 Å². The van der Waals surface area contributed by atoms with E-state index in [9.17, 15) is 9.90 Å². The number of aliphatic carboxylic acids is 1. The predicted molar refractivity (Wildman–Crippen MR) is 67.2 cm³/mol. The molecular weight excluding hydrogens is 228 g/mol. The number of carboxylic acids is 1. The third-order valence-corrected chi connectivity index (χ3v) is 3.66. The summed E-state index contributed by atoms with van der Waals surface area (Å²) >= 11 is 0. The van der Waals surface area contributed by atoms with Crippen LogP contribution in [-0.4, -0.2) is 20.6 Å². The van der Waals surface area contributed by atoms with Gasteiger partial charge in [-0.05, 0) is 12.0 Å². The molecule has 1 aliphatic heterocycles. The van der Waals surface area contributed by atoms with Gasteiger partial charge in [-0.25, -0.2) is 4.98 Å². The average molecular weight is 242 g/mol. The first-order chi connectivity index (χ1) is 8.74. The van der Waals surface area contributed by atoms with E-state index in [1.807, 2.05) is 35.8 Å². The van der Waals surface area contributed by atoms with E-state index in [0.717, 1.165) is 16.8 Å². The highest BCUT2D eigenvalue weighted by molar-refractivity contribution is 5.76. The SMILES string of the molecule is CCC(C(=O)O)C1c2ccccc2-c2cncn21. The zero-order valence-corrected chi connectivity index (χ0v) is 10.1. The minimum Gasteiger partial charge on any atom is -0.481 e. The first-order valence-corrected chi connectivity index (χ1v) is 6.08. The lowest BCUT2D eigenvalue weighted by atomic mass is 9.90. The number of nitrogens with zero attached hydrogens (tertiary/aromatic N) is 2. The number of fused-ring (bicyclic) bond motifs is 3. The van der Waals surface area contributed by atoms with Crippen molar-refractivity contribution < 1.29 is 9.90 Å². The number of hydrogen-bond donors (Lipinski definition) is 1. The molecule has 1 N–H and O–H groups in total. The van der Waals surface area contributed by atoms with Crippen LogP contribution in [0.5, 0.6) is 0 Å². The summed E-state index contributed by atoms with van der Waals surface area (Å²) in [5.41, 5.74) is 3.19. The fraction of sp³-hybridized carbons (Fsp3) is 0.286. The fourth-order valence-corrected chi connectivity index (χ4v) is 2.82. The van der Waals surface area contributed by atoms with Gasteiger partial charge in [0, 0.05) is 5.56 Å². The molecule has 0 fully saturated rings. The third-order valence-electron chi connectivity index (χ3n) is 3.66. The van der Waals surface area contributed by atoms with Crippen LogP contribution >= 0.6 is 0 Å². The summed E-state index contributed by atoms with van der Waals surface area (Å²) in [5, 5.41) is 9.39. The topological polar surface area (TPSA) is 55.1 Å². The number of imidazole rings is 1. The fourth-order valence-electron chi connectivity index (χ4n) is 2.82. The van der Waals surface area contributed by atoms with Crippen molar-refractivity contribution in [3.8, 4) is 11.3 Å². The van der Waals surface area contributed by atoms with Crippen LogP contribution in [0.4, 0.5) is 0 Å². The smallest absolute Gasteiger partial charge is 0.308 e. The summed E-state index contributed by atoms with van der Waals surface area (Å²) < 4.78 is 1.98. The highest BCUT2D eigenvalue weighted by Crippen LogP contribution is 2.43. The highest BCUT2D eigenvalue weighted by Gasteiger charge is 2.36. The number of hydrogen-bond acceptors (Lipinski definition) is 2. The number of rotatable bonds is 3. The number of benzene rings is 1. The van der Waals surface area contributed by atoms with Gasteiger partial charge in [0.2, 0.25) is 0 Å². The summed E-state index contributed by atoms with van der Waals surface area (Å²) in [6, 6.07) is 7.83. The van der Waals surface area contributed by atoms with Crippen LogP contribution in [0, 0.1) is 5.92 Å². The highest BCUT2D eigenvalue weighted by atomic mass is 16.4. The van der Waals surface area contributed by atoms with Gasteiger partial charge in [-0.3, -0.25) is 4.79 Å². The van der Waals surface area contributed by atoms with Crippen LogP contribution in [0.25, 0.3) is 11.3 Å². The largest absolute Gasteiger partial charge is 0.481 e. The molecule has 2 atom stereocenters. The third kappa shape index (κ3) is 1.38. The van der Waals surface area contributed by atoms with Crippen LogP contribution in [-0.2, 0) is 4.79 Å². The van der Waals surface area contributed by atoms with Gasteiger partial charge in [0.25, 0.3) is 0 Å². The van der Waals surface area contributed by atoms with Crippen molar-refractivity contribution in [3.05, 3.63) is 42.4 Å². The Morgan fingerprint density at radius 3 is 3.00 bits per heavy atom. The molecule has 0 aliphatic carbocycles. The van der Waals surface area contributed by atoms with E-state index < -0.39 is 11.9 Å². The lowest BCUT2D eigenvalue weighted by Crippen LogP contribution is -2.24. The van der Waals surface area contributed by atoms with Crippen LogP contribution in [0.1, 0.15) is 24.9 Å². The molecule has 0 saturated heterocycles. The Bertz CT molecular complexity index is 603. The molecule has 1 aliphatic rings. The van der Waals surface area contributed by atoms with Crippen LogP contribution in [0.3, 0.4) is 0 Å². The average Bonchev–Trinajstić information content (AvgIpc) is 2.92. The molecule has 0 spiro atoms. The minimum atomic E-state index is -0.751. The maximum absolute atomic E-state index is 11.4. The van der Waals surface area contributed by atoms with E-state index in [0.29, 0.717) is 6.42 Å². The second kappa shape index (κ2) is 3.98. The van der Waals surface area contributed by atoms with Crippen molar-refractivity contribution in [1.82, 2.24) is 9.55 Å². The molecule has 0 radical (unpaired) electrons. The van der Waals surface area contributed by atoms with Crippen LogP contribution < -0.4 is 0 Å². The first kappa shape index (κ1) is 11.0. The Hall–Kier alpha value is -2.10. The van der Waals surface area contributed by atoms with Gasteiger partial charge in [-0.1, -0.05) is 31.2 Å². The lowest BCUT2D eigenvalue weighted by Gasteiger charge is -2.21. The molecule has 2 unspecified atom stereocenters. The van der Waals surface area contributed by atoms with Crippen molar-refractivity contribution in [2.45, 2.75) is 19.4 Å². The van der Waals surface area contributed by atoms with Crippen LogP contribution in [0.2, 0.25) is 0 Å². The molecule has 4 nitrogen and oxygen atoms in total. The van der Waals surface area contributed by atoms with Gasteiger partial charge in [0.05, 0.1) is 30.2 Å². The molecule has 18 heavy (non-hydrogen) atoms. The first-order valence-electron chi connectivity index (χ1n) is 6.08. The molecular formula is C14H14N2O2. The van der Waals surface area contributed by atoms with Gasteiger partial charge < -0.3 is 9.67 Å². The molecule has 0 amide bonds. The van der Waals surface area contributed by atoms with Crippen LogP contribution in [0.15, 0.2) is 36.8 Å². The predicted octanol–water partition coefficient (Wildman–Crippen LogP) is 2.56. The standard InChI is InChI=1S/C14H14N2O2/c1-2-9(14(17)18)13-11-6-4-3-5-10(11)12-7-15-8-16(12)13/h3-9,13H,2H2,1H3,(H,17,18). The van der Waals surface area contributed by atoms with E-state index in [-0.39, 0.29) is 6.04 Å². The van der Waals surface area contributed by atoms with Crippen molar-refractivity contribution in [1.29, 1.82) is 0 Å². The molecule has 1 aromatic carbocycles. The second-order valence-electron chi connectivity index (χ2n) is 4.57. The summed E-state index contributed by atoms with van der Waals surface area (Å²) in [4.78, 5) is 15.6. The number of carbonyl (C=O) groups is 1. The molecule has 0 saturated carbocycles. The maximum atomic E-state index is 11.4. The van der Waals surface area contributed by atoms with E-state index in [4.69, 9.17) is 0 Å². The second-order valence-corrected chi connectivity index (χ2v) is 4.57. The van der Waals surface area contributed by atoms with Crippen molar-refractivity contribution in [2.24, 2.45) is 5.92 Å². The molecule has 1 aromatic heterocycles. The van der Waals surface area contributed by atoms with E-state index in [2.05, 4.69) is 4.98 Å². The Morgan fingerprint density at radius 2 is 2.28 bits per heavy atom. The summed E-state index contributed by atoms with van der Waals surface area (Å²) in [6.07, 6.45) is 4.13. The number of aromatic nitrogens is 2. The number of carboxylic acid groups (broad SMARTS) is 1. The monoisotopic (exact) mass is 242 g/mol. The van der Waals surface area contributed by atoms with E-state index in [1.165, 1.54) is 0 Å². The zero-order chi connectivity index (χ0) is 12.7. The van der Waals surface area contributed by atoms with E-state index in [1.54, 1.807) is 12.5 Å². The molecule has 4 heteroatoms. The van der Waals surface area contributed by atoms with Crippen molar-refractivity contribution in [2.75, 3.05) is 0 Å². The summed E-state index contributed by atoms with van der Waals surface area (Å²) in [7, 11) is 0. The summed E-state index contributed by atoms with van der Waals surface area (Å²) in [6.45, 7) is 1.91. The van der Waals surface area contributed by atoms with Gasteiger partial charge in [-0.2, -0.15) is 0 Å². The zero-order valence-electron chi connectivity index (χ0n) is 10.1. The van der Waals surface area contributed by atoms with E-state index >= 15 is 0 Å². The Morgan fingerprint density at radius 1 is 1.50 bits per heavy atom. The normalized spacial score (nSPS) is 18.2. The molecule has 3 rings (SSSR count). The van der Waals surface area contributed by atoms with Gasteiger partial charge >= 0.3 is 5.97 Å². The Labute approximate surface area is 105 Å². The Balaban J connectivity index is 2.19. The lowest BCUT2D eigenvalue weighted by molar-refractivity contribution is -0.142.